The van der Waals surface area contributed by atoms with Gasteiger partial charge in [0.2, 0.25) is 0 Å². The minimum atomic E-state index is -1.25. The van der Waals surface area contributed by atoms with Gasteiger partial charge in [-0.1, -0.05) is 0 Å². The molecule has 0 amide bonds. The van der Waals surface area contributed by atoms with Crippen LogP contribution >= 0.6 is 0 Å². The summed E-state index contributed by atoms with van der Waals surface area (Å²) in [7, 11) is 0. The molecule has 1 N–H and O–H groups in total. The number of nitrogens with one attached hydrogen (secondary N) is 1. The van der Waals surface area contributed by atoms with Crippen LogP contribution in [0.4, 0.5) is 19.0 Å². The number of rotatable bonds is 3. The molecule has 0 radical (unpaired) electrons. The van der Waals surface area contributed by atoms with Crippen LogP contribution in [0.5, 0.6) is 0 Å². The van der Waals surface area contributed by atoms with Crippen molar-refractivity contribution >= 4 is 16.9 Å². The molecule has 0 unspecified atom stereocenters. The van der Waals surface area contributed by atoms with Gasteiger partial charge in [0.05, 0.1) is 11.6 Å². The van der Waals surface area contributed by atoms with Gasteiger partial charge in [0, 0.05) is 18.7 Å². The summed E-state index contributed by atoms with van der Waals surface area (Å²) in [5.41, 5.74) is 0.0795. The fraction of sp³-hybridized carbons (Fsp3) is 0.154. The maximum Gasteiger partial charge on any atom is 0.168 e. The van der Waals surface area contributed by atoms with E-state index in [2.05, 4.69) is 20.4 Å². The van der Waals surface area contributed by atoms with Crippen molar-refractivity contribution in [3.8, 4) is 5.69 Å². The van der Waals surface area contributed by atoms with Gasteiger partial charge >= 0.3 is 0 Å². The zero-order valence-corrected chi connectivity index (χ0v) is 10.9. The number of hydrogen-bond donors (Lipinski definition) is 1. The average molecular weight is 293 g/mol. The number of hydrogen-bond acceptors (Lipinski definition) is 4. The Morgan fingerprint density at radius 3 is 2.62 bits per heavy atom. The molecule has 0 saturated heterocycles. The van der Waals surface area contributed by atoms with Gasteiger partial charge in [0.1, 0.15) is 17.8 Å². The molecule has 0 saturated carbocycles. The Morgan fingerprint density at radius 1 is 1.10 bits per heavy atom. The fourth-order valence-corrected chi connectivity index (χ4v) is 2.00. The highest BCUT2D eigenvalue weighted by Gasteiger charge is 2.16. The van der Waals surface area contributed by atoms with E-state index in [1.54, 1.807) is 0 Å². The monoisotopic (exact) mass is 293 g/mol. The summed E-state index contributed by atoms with van der Waals surface area (Å²) in [6.45, 7) is 2.53. The van der Waals surface area contributed by atoms with Crippen LogP contribution in [0.2, 0.25) is 0 Å². The van der Waals surface area contributed by atoms with Crippen LogP contribution in [-0.4, -0.2) is 26.3 Å². The molecule has 0 aliphatic carbocycles. The highest BCUT2D eigenvalue weighted by Crippen LogP contribution is 2.24. The van der Waals surface area contributed by atoms with E-state index in [1.807, 2.05) is 6.92 Å². The highest BCUT2D eigenvalue weighted by atomic mass is 19.2. The maximum atomic E-state index is 13.8. The van der Waals surface area contributed by atoms with E-state index in [0.717, 1.165) is 10.7 Å². The maximum absolute atomic E-state index is 13.8. The molecule has 0 atom stereocenters. The van der Waals surface area contributed by atoms with Gasteiger partial charge in [-0.3, -0.25) is 0 Å². The van der Waals surface area contributed by atoms with Crippen LogP contribution in [0.25, 0.3) is 16.7 Å². The summed E-state index contributed by atoms with van der Waals surface area (Å²) < 4.78 is 41.3. The lowest BCUT2D eigenvalue weighted by Gasteiger charge is -2.06. The Hall–Kier alpha value is -2.64. The molecule has 108 valence electrons. The molecule has 8 heteroatoms. The third-order valence-corrected chi connectivity index (χ3v) is 2.93. The number of nitrogens with zero attached hydrogens (tertiary/aromatic N) is 4. The smallest absolute Gasteiger partial charge is 0.168 e. The number of halogens is 3. The minimum Gasteiger partial charge on any atom is -0.370 e. The van der Waals surface area contributed by atoms with Crippen LogP contribution in [-0.2, 0) is 0 Å². The summed E-state index contributed by atoms with van der Waals surface area (Å²) in [6, 6.07) is 1.22. The Morgan fingerprint density at radius 2 is 1.86 bits per heavy atom. The second-order valence-electron chi connectivity index (χ2n) is 4.26. The summed E-state index contributed by atoms with van der Waals surface area (Å²) in [6.07, 6.45) is 2.73. The highest BCUT2D eigenvalue weighted by molar-refractivity contribution is 5.87. The number of fused-ring (bicyclic) bond motifs is 1. The van der Waals surface area contributed by atoms with E-state index in [9.17, 15) is 13.2 Å². The third kappa shape index (κ3) is 2.18. The molecule has 1 aromatic carbocycles. The molecule has 0 spiro atoms. The van der Waals surface area contributed by atoms with E-state index in [1.165, 1.54) is 12.5 Å². The van der Waals surface area contributed by atoms with Crippen molar-refractivity contribution in [2.24, 2.45) is 0 Å². The summed E-state index contributed by atoms with van der Waals surface area (Å²) in [4.78, 5) is 8.07. The predicted octanol–water partition coefficient (Wildman–Crippen LogP) is 2.66. The average Bonchev–Trinajstić information content (AvgIpc) is 2.88. The Kier molecular flexibility index (Phi) is 3.20. The quantitative estimate of drug-likeness (QED) is 0.754. The largest absolute Gasteiger partial charge is 0.370 e. The first-order chi connectivity index (χ1) is 10.1. The molecule has 5 nitrogen and oxygen atoms in total. The van der Waals surface area contributed by atoms with E-state index in [-0.39, 0.29) is 5.69 Å². The lowest BCUT2D eigenvalue weighted by molar-refractivity contribution is 0.492. The SMILES string of the molecule is CCNc1ncnc2c1cnn2-c1cc(F)c(F)cc1F. The molecule has 3 rings (SSSR count). The van der Waals surface area contributed by atoms with Crippen LogP contribution < -0.4 is 5.32 Å². The topological polar surface area (TPSA) is 55.6 Å². The zero-order chi connectivity index (χ0) is 15.0. The Labute approximate surface area is 117 Å². The fourth-order valence-electron chi connectivity index (χ4n) is 2.00. The van der Waals surface area contributed by atoms with Gasteiger partial charge < -0.3 is 5.32 Å². The molecule has 21 heavy (non-hydrogen) atoms. The van der Waals surface area contributed by atoms with Gasteiger partial charge in [0.15, 0.2) is 23.1 Å². The molecule has 2 heterocycles. The normalized spacial score (nSPS) is 11.0. The zero-order valence-electron chi connectivity index (χ0n) is 10.9. The second kappa shape index (κ2) is 5.04. The number of aromatic nitrogens is 4. The van der Waals surface area contributed by atoms with Crippen molar-refractivity contribution in [2.75, 3.05) is 11.9 Å². The van der Waals surface area contributed by atoms with Crippen LogP contribution in [0.3, 0.4) is 0 Å². The van der Waals surface area contributed by atoms with Crippen molar-refractivity contribution in [2.45, 2.75) is 6.92 Å². The Bertz CT molecular complexity index is 815. The van der Waals surface area contributed by atoms with E-state index >= 15 is 0 Å². The van der Waals surface area contributed by atoms with Gasteiger partial charge in [-0.15, -0.1) is 0 Å². The number of anilines is 1. The molecular formula is C13H10F3N5. The molecular weight excluding hydrogens is 283 g/mol. The van der Waals surface area contributed by atoms with Gasteiger partial charge in [0.25, 0.3) is 0 Å². The molecule has 0 fully saturated rings. The lowest BCUT2D eigenvalue weighted by Crippen LogP contribution is -2.04. The van der Waals surface area contributed by atoms with Gasteiger partial charge in [-0.2, -0.15) is 5.10 Å². The summed E-state index contributed by atoms with van der Waals surface area (Å²) >= 11 is 0. The molecule has 3 aromatic rings. The van der Waals surface area contributed by atoms with Crippen LogP contribution in [0.1, 0.15) is 6.92 Å². The van der Waals surface area contributed by atoms with Crippen molar-refractivity contribution in [3.63, 3.8) is 0 Å². The van der Waals surface area contributed by atoms with Gasteiger partial charge in [-0.05, 0) is 6.92 Å². The standard InChI is InChI=1S/C13H10F3N5/c1-2-17-12-7-5-20-21(13(7)19-6-18-12)11-4-9(15)8(14)3-10(11)16/h3-6H,2H2,1H3,(H,17,18,19). The molecule has 0 aliphatic rings. The predicted molar refractivity (Wildman–Crippen MR) is 70.7 cm³/mol. The van der Waals surface area contributed by atoms with Crippen molar-refractivity contribution in [1.29, 1.82) is 0 Å². The van der Waals surface area contributed by atoms with E-state index in [0.29, 0.717) is 29.5 Å². The molecule has 0 aliphatic heterocycles. The van der Waals surface area contributed by atoms with Crippen LogP contribution in [0.15, 0.2) is 24.7 Å². The first kappa shape index (κ1) is 13.3. The molecule has 2 aromatic heterocycles. The van der Waals surface area contributed by atoms with Crippen LogP contribution in [0, 0.1) is 17.5 Å². The van der Waals surface area contributed by atoms with E-state index in [4.69, 9.17) is 0 Å². The summed E-state index contributed by atoms with van der Waals surface area (Å²) in [5.74, 6) is -2.80. The lowest BCUT2D eigenvalue weighted by atomic mass is 10.3. The summed E-state index contributed by atoms with van der Waals surface area (Å²) in [5, 5.41) is 7.56. The molecule has 0 bridgehead atoms. The second-order valence-corrected chi connectivity index (χ2v) is 4.26. The third-order valence-electron chi connectivity index (χ3n) is 2.93. The van der Waals surface area contributed by atoms with Crippen molar-refractivity contribution in [3.05, 3.63) is 42.1 Å². The Balaban J connectivity index is 2.22. The first-order valence-electron chi connectivity index (χ1n) is 6.19. The van der Waals surface area contributed by atoms with Gasteiger partial charge in [-0.25, -0.2) is 27.8 Å². The minimum absolute atomic E-state index is 0.218. The number of benzene rings is 1. The van der Waals surface area contributed by atoms with Crippen molar-refractivity contribution in [1.82, 2.24) is 19.7 Å². The van der Waals surface area contributed by atoms with Crippen molar-refractivity contribution < 1.29 is 13.2 Å². The van der Waals surface area contributed by atoms with E-state index < -0.39 is 17.5 Å². The first-order valence-corrected chi connectivity index (χ1v) is 6.19.